The Balaban J connectivity index is 1.65. The smallest absolute Gasteiger partial charge is 0.254 e. The van der Waals surface area contributed by atoms with E-state index in [2.05, 4.69) is 41.7 Å². The zero-order chi connectivity index (χ0) is 19.2. The summed E-state index contributed by atoms with van der Waals surface area (Å²) in [6.45, 7) is 9.18. The maximum absolute atomic E-state index is 13.0. The van der Waals surface area contributed by atoms with E-state index in [9.17, 15) is 4.79 Å². The van der Waals surface area contributed by atoms with Gasteiger partial charge >= 0.3 is 0 Å². The summed E-state index contributed by atoms with van der Waals surface area (Å²) < 4.78 is 0. The van der Waals surface area contributed by atoms with Crippen LogP contribution in [0.25, 0.3) is 0 Å². The van der Waals surface area contributed by atoms with Crippen LogP contribution in [0.3, 0.4) is 0 Å². The van der Waals surface area contributed by atoms with Gasteiger partial charge in [-0.2, -0.15) is 0 Å². The van der Waals surface area contributed by atoms with Crippen molar-refractivity contribution in [3.05, 3.63) is 29.8 Å². The molecule has 1 saturated carbocycles. The largest absolute Gasteiger partial charge is 0.369 e. The van der Waals surface area contributed by atoms with Gasteiger partial charge in [0.25, 0.3) is 5.91 Å². The van der Waals surface area contributed by atoms with Crippen LogP contribution in [-0.2, 0) is 0 Å². The topological polar surface area (TPSA) is 26.8 Å². The Morgan fingerprint density at radius 1 is 1.11 bits per heavy atom. The number of nitrogens with zero attached hydrogens (tertiary/aromatic N) is 3. The van der Waals surface area contributed by atoms with Crippen LogP contribution in [0.1, 0.15) is 56.3 Å². The zero-order valence-corrected chi connectivity index (χ0v) is 16.9. The van der Waals surface area contributed by atoms with Crippen LogP contribution >= 0.6 is 0 Å². The van der Waals surface area contributed by atoms with Crippen molar-refractivity contribution in [2.45, 2.75) is 58.0 Å². The highest BCUT2D eigenvalue weighted by molar-refractivity contribution is 5.95. The van der Waals surface area contributed by atoms with Crippen LogP contribution in [0.15, 0.2) is 24.3 Å². The molecule has 1 aliphatic heterocycles. The third-order valence-electron chi connectivity index (χ3n) is 6.06. The fourth-order valence-electron chi connectivity index (χ4n) is 4.33. The van der Waals surface area contributed by atoms with E-state index < -0.39 is 0 Å². The van der Waals surface area contributed by atoms with E-state index in [1.54, 1.807) is 0 Å². The molecule has 0 radical (unpaired) electrons. The first-order chi connectivity index (χ1) is 13.1. The van der Waals surface area contributed by atoms with Gasteiger partial charge in [0.1, 0.15) is 0 Å². The molecular formula is C23H33N3O. The normalized spacial score (nSPS) is 19.1. The van der Waals surface area contributed by atoms with Gasteiger partial charge in [-0.3, -0.25) is 9.69 Å². The maximum atomic E-state index is 13.0. The van der Waals surface area contributed by atoms with Gasteiger partial charge in [-0.05, 0) is 51.0 Å². The fraction of sp³-hybridized carbons (Fsp3) is 0.609. The summed E-state index contributed by atoms with van der Waals surface area (Å²) >= 11 is 0. The van der Waals surface area contributed by atoms with E-state index in [4.69, 9.17) is 6.42 Å². The van der Waals surface area contributed by atoms with E-state index in [0.717, 1.165) is 44.6 Å². The van der Waals surface area contributed by atoms with Crippen molar-refractivity contribution in [1.82, 2.24) is 9.80 Å². The first kappa shape index (κ1) is 19.8. The summed E-state index contributed by atoms with van der Waals surface area (Å²) in [6.07, 6.45) is 11.4. The molecule has 1 aromatic rings. The summed E-state index contributed by atoms with van der Waals surface area (Å²) in [5, 5.41) is 0. The van der Waals surface area contributed by atoms with Gasteiger partial charge < -0.3 is 9.80 Å². The van der Waals surface area contributed by atoms with Crippen molar-refractivity contribution in [2.75, 3.05) is 37.6 Å². The van der Waals surface area contributed by atoms with Crippen LogP contribution < -0.4 is 4.90 Å². The third-order valence-corrected chi connectivity index (χ3v) is 6.06. The van der Waals surface area contributed by atoms with Crippen LogP contribution in [0.4, 0.5) is 5.69 Å². The predicted molar refractivity (Wildman–Crippen MR) is 112 cm³/mol. The summed E-state index contributed by atoms with van der Waals surface area (Å²) in [4.78, 5) is 19.9. The molecule has 2 aliphatic rings. The lowest BCUT2D eigenvalue weighted by molar-refractivity contribution is 0.0667. The van der Waals surface area contributed by atoms with Crippen molar-refractivity contribution in [2.24, 2.45) is 0 Å². The molecular weight excluding hydrogens is 334 g/mol. The molecule has 2 fully saturated rings. The Morgan fingerprint density at radius 2 is 1.74 bits per heavy atom. The van der Waals surface area contributed by atoms with Gasteiger partial charge in [-0.25, -0.2) is 0 Å². The average molecular weight is 368 g/mol. The number of hydrogen-bond acceptors (Lipinski definition) is 3. The number of anilines is 1. The second-order valence-electron chi connectivity index (χ2n) is 8.09. The van der Waals surface area contributed by atoms with E-state index in [-0.39, 0.29) is 5.91 Å². The molecule has 1 heterocycles. The van der Waals surface area contributed by atoms with Gasteiger partial charge in [0, 0.05) is 49.5 Å². The molecule has 146 valence electrons. The predicted octanol–water partition coefficient (Wildman–Crippen LogP) is 3.63. The van der Waals surface area contributed by atoms with E-state index in [1.165, 1.54) is 24.9 Å². The molecule has 0 aromatic heterocycles. The molecule has 1 amide bonds. The van der Waals surface area contributed by atoms with E-state index >= 15 is 0 Å². The Kier molecular flexibility index (Phi) is 6.79. The van der Waals surface area contributed by atoms with Gasteiger partial charge in [0.05, 0.1) is 6.54 Å². The second kappa shape index (κ2) is 9.28. The first-order valence-electron chi connectivity index (χ1n) is 10.4. The highest BCUT2D eigenvalue weighted by Gasteiger charge is 2.26. The summed E-state index contributed by atoms with van der Waals surface area (Å²) in [5.41, 5.74) is 1.96. The van der Waals surface area contributed by atoms with E-state index in [0.29, 0.717) is 18.6 Å². The Morgan fingerprint density at radius 3 is 2.30 bits per heavy atom. The van der Waals surface area contributed by atoms with Crippen molar-refractivity contribution in [1.29, 1.82) is 0 Å². The minimum atomic E-state index is 0.0797. The highest BCUT2D eigenvalue weighted by atomic mass is 16.2. The van der Waals surface area contributed by atoms with Crippen LogP contribution in [-0.4, -0.2) is 60.5 Å². The van der Waals surface area contributed by atoms with Gasteiger partial charge in [-0.1, -0.05) is 25.2 Å². The SMILES string of the molecule is C#CCN(C(=O)c1ccc(N2CCN(C(C)C)CC2)cc1)C1CCCCC1. The number of carbonyl (C=O) groups excluding carboxylic acids is 1. The lowest BCUT2D eigenvalue weighted by atomic mass is 9.93. The number of benzene rings is 1. The molecule has 4 nitrogen and oxygen atoms in total. The molecule has 0 atom stereocenters. The van der Waals surface area contributed by atoms with Gasteiger partial charge in [0.2, 0.25) is 0 Å². The van der Waals surface area contributed by atoms with Crippen LogP contribution in [0.2, 0.25) is 0 Å². The van der Waals surface area contributed by atoms with Crippen LogP contribution in [0.5, 0.6) is 0 Å². The lowest BCUT2D eigenvalue weighted by Crippen LogP contribution is -2.48. The number of amides is 1. The Labute approximate surface area is 164 Å². The molecule has 1 saturated heterocycles. The number of terminal acetylenes is 1. The number of carbonyl (C=O) groups is 1. The lowest BCUT2D eigenvalue weighted by Gasteiger charge is -2.38. The monoisotopic (exact) mass is 367 g/mol. The number of hydrogen-bond donors (Lipinski definition) is 0. The standard InChI is InChI=1S/C23H33N3O/c1-4-14-26(22-8-6-5-7-9-22)23(27)20-10-12-21(13-11-20)25-17-15-24(16-18-25)19(2)3/h1,10-13,19,22H,5-9,14-18H2,2-3H3. The molecule has 0 bridgehead atoms. The minimum Gasteiger partial charge on any atom is -0.369 e. The van der Waals surface area contributed by atoms with Crippen molar-refractivity contribution in [3.63, 3.8) is 0 Å². The van der Waals surface area contributed by atoms with E-state index in [1.807, 2.05) is 17.0 Å². The maximum Gasteiger partial charge on any atom is 0.254 e. The molecule has 0 spiro atoms. The second-order valence-corrected chi connectivity index (χ2v) is 8.09. The van der Waals surface area contributed by atoms with Gasteiger partial charge in [-0.15, -0.1) is 6.42 Å². The third kappa shape index (κ3) is 4.84. The molecule has 4 heteroatoms. The quantitative estimate of drug-likeness (QED) is 0.744. The molecule has 0 unspecified atom stereocenters. The highest BCUT2D eigenvalue weighted by Crippen LogP contribution is 2.25. The Hall–Kier alpha value is -1.99. The summed E-state index contributed by atoms with van der Waals surface area (Å²) in [7, 11) is 0. The zero-order valence-electron chi connectivity index (χ0n) is 16.9. The summed E-state index contributed by atoms with van der Waals surface area (Å²) in [5.74, 6) is 2.76. The first-order valence-corrected chi connectivity index (χ1v) is 10.4. The van der Waals surface area contributed by atoms with Crippen molar-refractivity contribution in [3.8, 4) is 12.3 Å². The van der Waals surface area contributed by atoms with Crippen molar-refractivity contribution < 1.29 is 4.79 Å². The fourth-order valence-corrected chi connectivity index (χ4v) is 4.33. The molecule has 0 N–H and O–H groups in total. The van der Waals surface area contributed by atoms with Gasteiger partial charge in [0.15, 0.2) is 0 Å². The Bertz CT molecular complexity index is 647. The average Bonchev–Trinajstić information content (AvgIpc) is 2.72. The molecule has 1 aliphatic carbocycles. The minimum absolute atomic E-state index is 0.0797. The number of piperazine rings is 1. The van der Waals surface area contributed by atoms with Crippen LogP contribution in [0, 0.1) is 12.3 Å². The van der Waals surface area contributed by atoms with Crippen molar-refractivity contribution >= 4 is 11.6 Å². The summed E-state index contributed by atoms with van der Waals surface area (Å²) in [6, 6.07) is 9.03. The molecule has 27 heavy (non-hydrogen) atoms. The number of rotatable bonds is 5. The molecule has 3 rings (SSSR count). The molecule has 1 aromatic carbocycles.